The normalized spacial score (nSPS) is 26.6. The Morgan fingerprint density at radius 3 is 2.43 bits per heavy atom. The van der Waals surface area contributed by atoms with E-state index in [2.05, 4.69) is 18.0 Å². The van der Waals surface area contributed by atoms with Gasteiger partial charge in [-0.05, 0) is 22.3 Å². The van der Waals surface area contributed by atoms with Gasteiger partial charge in [0.05, 0.1) is 18.4 Å². The van der Waals surface area contributed by atoms with E-state index >= 15 is 0 Å². The van der Waals surface area contributed by atoms with Crippen LogP contribution in [0, 0.1) is 11.3 Å². The van der Waals surface area contributed by atoms with Gasteiger partial charge >= 0.3 is 5.97 Å². The van der Waals surface area contributed by atoms with E-state index in [-0.39, 0.29) is 12.0 Å². The third kappa shape index (κ3) is 1.65. The third-order valence-electron chi connectivity index (χ3n) is 4.73. The van der Waals surface area contributed by atoms with Crippen LogP contribution < -0.4 is 5.32 Å². The van der Waals surface area contributed by atoms with E-state index in [1.165, 1.54) is 0 Å². The van der Waals surface area contributed by atoms with E-state index in [1.54, 1.807) is 0 Å². The van der Waals surface area contributed by atoms with Gasteiger partial charge in [0.25, 0.3) is 0 Å². The summed E-state index contributed by atoms with van der Waals surface area (Å²) in [7, 11) is 0. The highest BCUT2D eigenvalue weighted by Gasteiger charge is 2.55. The van der Waals surface area contributed by atoms with Crippen LogP contribution in [-0.4, -0.2) is 5.97 Å². The Labute approximate surface area is 134 Å². The number of nitriles is 1. The molecule has 0 saturated heterocycles. The summed E-state index contributed by atoms with van der Waals surface area (Å²) in [5.74, 6) is -0.873. The highest BCUT2D eigenvalue weighted by atomic mass is 16.5. The maximum absolute atomic E-state index is 12.5. The van der Waals surface area contributed by atoms with E-state index in [0.717, 1.165) is 28.5 Å². The molecule has 2 bridgehead atoms. The first-order valence-corrected chi connectivity index (χ1v) is 7.42. The summed E-state index contributed by atoms with van der Waals surface area (Å²) >= 11 is 0. The van der Waals surface area contributed by atoms with Crippen molar-refractivity contribution in [2.75, 3.05) is 0 Å². The van der Waals surface area contributed by atoms with Crippen molar-refractivity contribution in [2.45, 2.75) is 17.5 Å². The van der Waals surface area contributed by atoms with Crippen molar-refractivity contribution in [3.63, 3.8) is 0 Å². The second-order valence-electron chi connectivity index (χ2n) is 5.74. The molecule has 0 saturated carbocycles. The van der Waals surface area contributed by atoms with Gasteiger partial charge in [0, 0.05) is 0 Å². The minimum absolute atomic E-state index is 0.284. The Morgan fingerprint density at radius 1 is 1.17 bits per heavy atom. The number of esters is 1. The first-order chi connectivity index (χ1) is 11.2. The van der Waals surface area contributed by atoms with Gasteiger partial charge < -0.3 is 4.74 Å². The average molecular weight is 302 g/mol. The molecule has 2 aliphatic heterocycles. The molecule has 1 N–H and O–H groups in total. The maximum Gasteiger partial charge on any atom is 0.320 e. The van der Waals surface area contributed by atoms with E-state index in [9.17, 15) is 10.1 Å². The summed E-state index contributed by atoms with van der Waals surface area (Å²) in [6.45, 7) is 3.47. The fourth-order valence-corrected chi connectivity index (χ4v) is 3.84. The van der Waals surface area contributed by atoms with Gasteiger partial charge in [-0.2, -0.15) is 5.26 Å². The summed E-state index contributed by atoms with van der Waals surface area (Å²) in [6, 6.07) is 17.5. The van der Waals surface area contributed by atoms with Gasteiger partial charge in [-0.1, -0.05) is 55.1 Å². The van der Waals surface area contributed by atoms with Crippen molar-refractivity contribution in [1.29, 1.82) is 5.26 Å². The molecule has 1 unspecified atom stereocenters. The standard InChI is InChI=1S/C19H14N2O2/c1-2-23-18(22)16-12-7-3-5-9-14(12)19(11-20)15-10-6-4-8-13(15)17(16)21-19/h2-10,16-17,21H,1H2/t16?,17-,19-/m0/s1. The predicted molar refractivity (Wildman–Crippen MR) is 84.2 cm³/mol. The summed E-state index contributed by atoms with van der Waals surface area (Å²) in [6.07, 6.45) is 1.15. The SMILES string of the molecule is C=COC(=O)C1c2ccccc2[C@]2(C#N)N[C@H]1c1ccccc12. The van der Waals surface area contributed by atoms with Crippen LogP contribution in [0.25, 0.3) is 0 Å². The number of hydrogen-bond acceptors (Lipinski definition) is 4. The Kier molecular flexibility index (Phi) is 2.87. The van der Waals surface area contributed by atoms with Crippen molar-refractivity contribution >= 4 is 5.97 Å². The highest BCUT2D eigenvalue weighted by molar-refractivity contribution is 5.83. The molecule has 4 heteroatoms. The topological polar surface area (TPSA) is 62.1 Å². The average Bonchev–Trinajstić information content (AvgIpc) is 2.88. The first-order valence-electron chi connectivity index (χ1n) is 7.42. The third-order valence-corrected chi connectivity index (χ3v) is 4.73. The zero-order chi connectivity index (χ0) is 16.0. The van der Waals surface area contributed by atoms with Crippen LogP contribution >= 0.6 is 0 Å². The summed E-state index contributed by atoms with van der Waals surface area (Å²) in [5, 5.41) is 13.3. The Hall–Kier alpha value is -2.90. The Morgan fingerprint density at radius 2 is 1.78 bits per heavy atom. The molecule has 112 valence electrons. The van der Waals surface area contributed by atoms with Gasteiger partial charge in [-0.15, -0.1) is 0 Å². The van der Waals surface area contributed by atoms with Crippen molar-refractivity contribution in [2.24, 2.45) is 0 Å². The monoisotopic (exact) mass is 302 g/mol. The lowest BCUT2D eigenvalue weighted by atomic mass is 9.78. The van der Waals surface area contributed by atoms with Gasteiger partial charge in [0.15, 0.2) is 5.54 Å². The van der Waals surface area contributed by atoms with Crippen molar-refractivity contribution in [3.8, 4) is 6.07 Å². The fourth-order valence-electron chi connectivity index (χ4n) is 3.84. The minimum Gasteiger partial charge on any atom is -0.435 e. The molecule has 2 aromatic carbocycles. The second kappa shape index (κ2) is 4.80. The first kappa shape index (κ1) is 13.7. The van der Waals surface area contributed by atoms with Crippen LogP contribution in [0.5, 0.6) is 0 Å². The lowest BCUT2D eigenvalue weighted by molar-refractivity contribution is -0.140. The molecule has 0 aromatic heterocycles. The van der Waals surface area contributed by atoms with Crippen LogP contribution in [0.15, 0.2) is 61.4 Å². The molecular weight excluding hydrogens is 288 g/mol. The van der Waals surface area contributed by atoms with E-state index in [1.807, 2.05) is 48.5 Å². The van der Waals surface area contributed by atoms with Crippen LogP contribution in [0.4, 0.5) is 0 Å². The second-order valence-corrected chi connectivity index (χ2v) is 5.74. The number of hydrogen-bond donors (Lipinski definition) is 1. The van der Waals surface area contributed by atoms with Crippen LogP contribution in [0.2, 0.25) is 0 Å². The van der Waals surface area contributed by atoms with E-state index < -0.39 is 11.5 Å². The highest BCUT2D eigenvalue weighted by Crippen LogP contribution is 2.53. The molecule has 23 heavy (non-hydrogen) atoms. The van der Waals surface area contributed by atoms with Gasteiger partial charge in [0.2, 0.25) is 0 Å². The molecule has 4 nitrogen and oxygen atoms in total. The van der Waals surface area contributed by atoms with Crippen molar-refractivity contribution in [3.05, 3.63) is 83.6 Å². The molecule has 0 fully saturated rings. The molecule has 2 aliphatic rings. The number of nitrogens with one attached hydrogen (secondary N) is 1. The number of carbonyl (C=O) groups is 1. The zero-order valence-electron chi connectivity index (χ0n) is 12.3. The number of nitrogens with zero attached hydrogens (tertiary/aromatic N) is 1. The number of fused-ring (bicyclic) bond motifs is 7. The summed E-state index contributed by atoms with van der Waals surface area (Å²) < 4.78 is 5.07. The summed E-state index contributed by atoms with van der Waals surface area (Å²) in [5.41, 5.74) is 2.61. The zero-order valence-corrected chi connectivity index (χ0v) is 12.3. The van der Waals surface area contributed by atoms with Crippen LogP contribution in [0.3, 0.4) is 0 Å². The van der Waals surface area contributed by atoms with E-state index in [0.29, 0.717) is 0 Å². The number of benzene rings is 2. The Balaban J connectivity index is 2.03. The molecule has 0 amide bonds. The van der Waals surface area contributed by atoms with Gasteiger partial charge in [0.1, 0.15) is 5.92 Å². The number of ether oxygens (including phenoxy) is 1. The molecule has 2 heterocycles. The lowest BCUT2D eigenvalue weighted by Gasteiger charge is -2.35. The Bertz CT molecular complexity index is 868. The molecule has 0 radical (unpaired) electrons. The largest absolute Gasteiger partial charge is 0.435 e. The van der Waals surface area contributed by atoms with Crippen LogP contribution in [0.1, 0.15) is 34.2 Å². The molecular formula is C19H14N2O2. The van der Waals surface area contributed by atoms with E-state index in [4.69, 9.17) is 4.74 Å². The predicted octanol–water partition coefficient (Wildman–Crippen LogP) is 2.88. The number of carbonyl (C=O) groups excluding carboxylic acids is 1. The molecule has 2 aromatic rings. The van der Waals surface area contributed by atoms with Crippen molar-refractivity contribution in [1.82, 2.24) is 5.32 Å². The maximum atomic E-state index is 12.5. The summed E-state index contributed by atoms with van der Waals surface area (Å²) in [4.78, 5) is 12.5. The van der Waals surface area contributed by atoms with Crippen molar-refractivity contribution < 1.29 is 9.53 Å². The smallest absolute Gasteiger partial charge is 0.320 e. The lowest BCUT2D eigenvalue weighted by Crippen LogP contribution is -2.46. The molecule has 0 aliphatic carbocycles. The minimum atomic E-state index is -0.914. The van der Waals surface area contributed by atoms with Gasteiger partial charge in [-0.25, -0.2) is 0 Å². The fraction of sp³-hybridized carbons (Fsp3) is 0.158. The van der Waals surface area contributed by atoms with Crippen LogP contribution in [-0.2, 0) is 15.1 Å². The number of rotatable bonds is 2. The quantitative estimate of drug-likeness (QED) is 0.684. The molecule has 3 atom stereocenters. The molecule has 4 rings (SSSR count). The van der Waals surface area contributed by atoms with Gasteiger partial charge in [-0.3, -0.25) is 10.1 Å². The molecule has 0 spiro atoms.